The number of aliphatic hydroxyl groups excluding tert-OH is 1. The highest BCUT2D eigenvalue weighted by Crippen LogP contribution is 2.29. The van der Waals surface area contributed by atoms with Crippen LogP contribution in [0.2, 0.25) is 10.0 Å². The van der Waals surface area contributed by atoms with Crippen molar-refractivity contribution in [1.82, 2.24) is 0 Å². The minimum Gasteiger partial charge on any atom is -0.388 e. The molecule has 106 valence electrons. The SMILES string of the molecule is OC(Cc1c(F)cccc1Cl)c1cc(F)c(Cl)cc1F. The minimum absolute atomic E-state index is 0.0384. The molecule has 0 fully saturated rings. The maximum atomic E-state index is 13.6. The lowest BCUT2D eigenvalue weighted by Crippen LogP contribution is -2.07. The topological polar surface area (TPSA) is 20.2 Å². The second-order valence-corrected chi connectivity index (χ2v) is 5.02. The number of hydrogen-bond donors (Lipinski definition) is 1. The molecule has 0 aliphatic rings. The normalized spacial score (nSPS) is 12.5. The maximum absolute atomic E-state index is 13.6. The van der Waals surface area contributed by atoms with Crippen molar-refractivity contribution in [2.75, 3.05) is 0 Å². The van der Waals surface area contributed by atoms with Crippen molar-refractivity contribution in [2.24, 2.45) is 0 Å². The van der Waals surface area contributed by atoms with Crippen LogP contribution in [0.4, 0.5) is 13.2 Å². The van der Waals surface area contributed by atoms with Gasteiger partial charge in [-0.25, -0.2) is 13.2 Å². The highest BCUT2D eigenvalue weighted by Gasteiger charge is 2.19. The molecule has 0 bridgehead atoms. The Bertz CT molecular complexity index is 626. The lowest BCUT2D eigenvalue weighted by Gasteiger charge is -2.14. The van der Waals surface area contributed by atoms with Crippen LogP contribution >= 0.6 is 23.2 Å². The van der Waals surface area contributed by atoms with Crippen LogP contribution in [0.1, 0.15) is 17.2 Å². The van der Waals surface area contributed by atoms with E-state index in [9.17, 15) is 18.3 Å². The van der Waals surface area contributed by atoms with E-state index < -0.39 is 23.6 Å². The maximum Gasteiger partial charge on any atom is 0.142 e. The molecular weight excluding hydrogens is 312 g/mol. The van der Waals surface area contributed by atoms with Crippen LogP contribution in [-0.4, -0.2) is 5.11 Å². The number of benzene rings is 2. The van der Waals surface area contributed by atoms with Gasteiger partial charge < -0.3 is 5.11 Å². The van der Waals surface area contributed by atoms with Gasteiger partial charge in [0.1, 0.15) is 17.5 Å². The summed E-state index contributed by atoms with van der Waals surface area (Å²) in [5.74, 6) is -2.34. The van der Waals surface area contributed by atoms with Gasteiger partial charge in [0.15, 0.2) is 0 Å². The van der Waals surface area contributed by atoms with E-state index in [1.165, 1.54) is 18.2 Å². The third-order valence-electron chi connectivity index (χ3n) is 2.86. The molecule has 0 aliphatic heterocycles. The van der Waals surface area contributed by atoms with Crippen LogP contribution in [0, 0.1) is 17.5 Å². The molecule has 20 heavy (non-hydrogen) atoms. The fourth-order valence-corrected chi connectivity index (χ4v) is 2.21. The summed E-state index contributed by atoms with van der Waals surface area (Å²) in [7, 11) is 0. The van der Waals surface area contributed by atoms with Crippen LogP contribution in [0.5, 0.6) is 0 Å². The van der Waals surface area contributed by atoms with E-state index in [0.717, 1.165) is 12.1 Å². The van der Waals surface area contributed by atoms with E-state index in [4.69, 9.17) is 23.2 Å². The summed E-state index contributed by atoms with van der Waals surface area (Å²) in [6.45, 7) is 0. The predicted molar refractivity (Wildman–Crippen MR) is 71.4 cm³/mol. The molecule has 1 unspecified atom stereocenters. The first kappa shape index (κ1) is 15.2. The highest BCUT2D eigenvalue weighted by molar-refractivity contribution is 6.31. The Morgan fingerprint density at radius 2 is 1.65 bits per heavy atom. The first-order valence-electron chi connectivity index (χ1n) is 5.65. The van der Waals surface area contributed by atoms with E-state index in [1.54, 1.807) is 0 Å². The monoisotopic (exact) mass is 320 g/mol. The quantitative estimate of drug-likeness (QED) is 0.814. The zero-order valence-corrected chi connectivity index (χ0v) is 11.5. The summed E-state index contributed by atoms with van der Waals surface area (Å²) in [6, 6.07) is 5.59. The van der Waals surface area contributed by atoms with E-state index in [1.807, 2.05) is 0 Å². The summed E-state index contributed by atoms with van der Waals surface area (Å²) in [4.78, 5) is 0. The summed E-state index contributed by atoms with van der Waals surface area (Å²) in [5.41, 5.74) is -0.261. The summed E-state index contributed by atoms with van der Waals surface area (Å²) in [5, 5.41) is 9.67. The van der Waals surface area contributed by atoms with Gasteiger partial charge >= 0.3 is 0 Å². The lowest BCUT2D eigenvalue weighted by molar-refractivity contribution is 0.172. The zero-order valence-electron chi connectivity index (χ0n) is 10.0. The van der Waals surface area contributed by atoms with Gasteiger partial charge in [-0.3, -0.25) is 0 Å². The van der Waals surface area contributed by atoms with Gasteiger partial charge in [0.2, 0.25) is 0 Å². The molecule has 0 aliphatic carbocycles. The first-order valence-corrected chi connectivity index (χ1v) is 6.41. The Labute approximate surface area is 123 Å². The smallest absolute Gasteiger partial charge is 0.142 e. The van der Waals surface area contributed by atoms with Gasteiger partial charge in [-0.15, -0.1) is 0 Å². The van der Waals surface area contributed by atoms with Crippen LogP contribution in [0.3, 0.4) is 0 Å². The van der Waals surface area contributed by atoms with Gasteiger partial charge in [0.25, 0.3) is 0 Å². The molecule has 0 heterocycles. The molecule has 0 radical (unpaired) electrons. The van der Waals surface area contributed by atoms with E-state index in [-0.39, 0.29) is 27.6 Å². The molecule has 0 aromatic heterocycles. The lowest BCUT2D eigenvalue weighted by atomic mass is 10.0. The fourth-order valence-electron chi connectivity index (χ4n) is 1.82. The molecule has 1 nitrogen and oxygen atoms in total. The molecule has 2 aromatic carbocycles. The zero-order chi connectivity index (χ0) is 14.9. The Balaban J connectivity index is 2.33. The van der Waals surface area contributed by atoms with Crippen LogP contribution in [0.15, 0.2) is 30.3 Å². The van der Waals surface area contributed by atoms with Crippen molar-refractivity contribution in [1.29, 1.82) is 0 Å². The molecule has 2 aromatic rings. The second-order valence-electron chi connectivity index (χ2n) is 4.21. The van der Waals surface area contributed by atoms with E-state index in [0.29, 0.717) is 0 Å². The molecule has 0 saturated heterocycles. The molecule has 6 heteroatoms. The van der Waals surface area contributed by atoms with E-state index >= 15 is 0 Å². The van der Waals surface area contributed by atoms with Crippen molar-refractivity contribution >= 4 is 23.2 Å². The van der Waals surface area contributed by atoms with Crippen molar-refractivity contribution in [2.45, 2.75) is 12.5 Å². The van der Waals surface area contributed by atoms with Crippen molar-refractivity contribution in [3.8, 4) is 0 Å². The number of hydrogen-bond acceptors (Lipinski definition) is 1. The Kier molecular flexibility index (Phi) is 4.58. The number of halogens is 5. The third kappa shape index (κ3) is 3.08. The van der Waals surface area contributed by atoms with Crippen molar-refractivity contribution in [3.05, 3.63) is 69.0 Å². The first-order chi connectivity index (χ1) is 9.40. The molecule has 0 saturated carbocycles. The summed E-state index contributed by atoms with van der Waals surface area (Å²) < 4.78 is 40.5. The third-order valence-corrected chi connectivity index (χ3v) is 3.50. The van der Waals surface area contributed by atoms with Gasteiger partial charge in [-0.05, 0) is 24.3 Å². The van der Waals surface area contributed by atoms with Crippen molar-refractivity contribution < 1.29 is 18.3 Å². The molecule has 0 amide bonds. The Hall–Kier alpha value is -1.23. The second kappa shape index (κ2) is 6.04. The van der Waals surface area contributed by atoms with Gasteiger partial charge in [0, 0.05) is 22.6 Å². The molecular formula is C14H9Cl2F3O. The van der Waals surface area contributed by atoms with Crippen LogP contribution in [-0.2, 0) is 6.42 Å². The van der Waals surface area contributed by atoms with Crippen molar-refractivity contribution in [3.63, 3.8) is 0 Å². The average Bonchev–Trinajstić information content (AvgIpc) is 2.38. The highest BCUT2D eigenvalue weighted by atomic mass is 35.5. The minimum atomic E-state index is -1.43. The predicted octanol–water partition coefficient (Wildman–Crippen LogP) is 4.69. The standard InChI is InChI=1S/C14H9Cl2F3O/c15-9-2-1-3-11(17)7(9)5-14(20)8-4-13(19)10(16)6-12(8)18/h1-4,6,14,20H,5H2. The van der Waals surface area contributed by atoms with Gasteiger partial charge in [-0.1, -0.05) is 29.3 Å². The number of rotatable bonds is 3. The molecule has 0 spiro atoms. The largest absolute Gasteiger partial charge is 0.388 e. The van der Waals surface area contributed by atoms with Gasteiger partial charge in [-0.2, -0.15) is 0 Å². The van der Waals surface area contributed by atoms with Crippen LogP contribution in [0.25, 0.3) is 0 Å². The molecule has 2 rings (SSSR count). The summed E-state index contributed by atoms with van der Waals surface area (Å²) >= 11 is 11.2. The Morgan fingerprint density at radius 1 is 0.950 bits per heavy atom. The fraction of sp³-hybridized carbons (Fsp3) is 0.143. The van der Waals surface area contributed by atoms with Crippen LogP contribution < -0.4 is 0 Å². The van der Waals surface area contributed by atoms with Gasteiger partial charge in [0.05, 0.1) is 11.1 Å². The number of aliphatic hydroxyl groups is 1. The Morgan fingerprint density at radius 3 is 2.30 bits per heavy atom. The average molecular weight is 321 g/mol. The summed E-state index contributed by atoms with van der Waals surface area (Å²) in [6.07, 6.45) is -1.71. The van der Waals surface area contributed by atoms with E-state index in [2.05, 4.69) is 0 Å². The molecule has 1 N–H and O–H groups in total. The molecule has 1 atom stereocenters.